The van der Waals surface area contributed by atoms with Crippen molar-refractivity contribution >= 4 is 0 Å². The average molecular weight is 356 g/mol. The Hall–Kier alpha value is -2.73. The smallest absolute Gasteiger partial charge is 0.418 e. The van der Waals surface area contributed by atoms with Gasteiger partial charge in [0.05, 0.1) is 17.2 Å². The van der Waals surface area contributed by atoms with Crippen LogP contribution in [-0.2, 0) is 12.6 Å². The molecule has 1 aromatic heterocycles. The molecule has 0 saturated heterocycles. The third kappa shape index (κ3) is 3.13. The molecule has 0 amide bonds. The summed E-state index contributed by atoms with van der Waals surface area (Å²) in [4.78, 5) is 3.54. The highest BCUT2D eigenvalue weighted by Crippen LogP contribution is 2.45. The van der Waals surface area contributed by atoms with Crippen LogP contribution in [0, 0.1) is 17.1 Å². The summed E-state index contributed by atoms with van der Waals surface area (Å²) in [5, 5.41) is 18.6. The zero-order valence-corrected chi connectivity index (χ0v) is 12.3. The molecule has 0 fully saturated rings. The molecular weight excluding hydrogens is 347 g/mol. The first-order valence-corrected chi connectivity index (χ1v) is 7.00. The van der Waals surface area contributed by atoms with E-state index >= 15 is 0 Å². The molecule has 0 bridgehead atoms. The summed E-state index contributed by atoms with van der Waals surface area (Å²) in [6.45, 7) is 0. The first kappa shape index (κ1) is 17.1. The lowest BCUT2D eigenvalue weighted by atomic mass is 10.0. The summed E-state index contributed by atoms with van der Waals surface area (Å²) < 4.78 is 71.6. The number of aromatic nitrogens is 1. The van der Waals surface area contributed by atoms with Crippen LogP contribution in [0.2, 0.25) is 0 Å². The van der Waals surface area contributed by atoms with Crippen LogP contribution in [0.4, 0.5) is 22.0 Å². The number of rotatable bonds is 2. The van der Waals surface area contributed by atoms with E-state index in [1.807, 2.05) is 0 Å². The van der Waals surface area contributed by atoms with E-state index < -0.39 is 41.8 Å². The van der Waals surface area contributed by atoms with Crippen LogP contribution in [0.25, 0.3) is 0 Å². The molecular formula is C16H9F5N2O2. The fourth-order valence-corrected chi connectivity index (χ4v) is 2.68. The van der Waals surface area contributed by atoms with E-state index in [1.165, 1.54) is 0 Å². The van der Waals surface area contributed by atoms with Gasteiger partial charge in [0.2, 0.25) is 5.88 Å². The lowest BCUT2D eigenvalue weighted by Crippen LogP contribution is -2.14. The minimum absolute atomic E-state index is 0.0676. The first-order chi connectivity index (χ1) is 11.7. The van der Waals surface area contributed by atoms with Crippen molar-refractivity contribution in [1.29, 1.82) is 5.26 Å². The molecule has 1 aliphatic carbocycles. The Morgan fingerprint density at radius 1 is 1.28 bits per heavy atom. The second-order valence-corrected chi connectivity index (χ2v) is 5.42. The summed E-state index contributed by atoms with van der Waals surface area (Å²) in [6.07, 6.45) is -8.82. The fourth-order valence-electron chi connectivity index (χ4n) is 2.68. The predicted octanol–water partition coefficient (Wildman–Crippen LogP) is 3.83. The van der Waals surface area contributed by atoms with Gasteiger partial charge in [-0.3, -0.25) is 0 Å². The van der Waals surface area contributed by atoms with Crippen LogP contribution in [0.15, 0.2) is 24.4 Å². The van der Waals surface area contributed by atoms with Gasteiger partial charge in [0.25, 0.3) is 0 Å². The maximum Gasteiger partial charge on any atom is 0.418 e. The molecule has 1 aromatic carbocycles. The Kier molecular flexibility index (Phi) is 4.08. The largest absolute Gasteiger partial charge is 0.439 e. The minimum Gasteiger partial charge on any atom is -0.439 e. The molecule has 2 atom stereocenters. The predicted molar refractivity (Wildman–Crippen MR) is 74.0 cm³/mol. The van der Waals surface area contributed by atoms with Gasteiger partial charge in [-0.1, -0.05) is 0 Å². The number of aliphatic hydroxyl groups is 1. The molecule has 1 unspecified atom stereocenters. The van der Waals surface area contributed by atoms with Crippen LogP contribution in [0.1, 0.15) is 28.4 Å². The molecule has 0 spiro atoms. The Morgan fingerprint density at radius 2 is 2.00 bits per heavy atom. The molecule has 0 saturated carbocycles. The van der Waals surface area contributed by atoms with Gasteiger partial charge in [-0.2, -0.15) is 18.4 Å². The maximum atomic E-state index is 13.8. The number of benzene rings is 1. The molecule has 1 aliphatic rings. The van der Waals surface area contributed by atoms with Gasteiger partial charge in [-0.25, -0.2) is 13.8 Å². The van der Waals surface area contributed by atoms with Gasteiger partial charge in [0.15, 0.2) is 0 Å². The highest BCUT2D eigenvalue weighted by atomic mass is 19.4. The monoisotopic (exact) mass is 356 g/mol. The van der Waals surface area contributed by atoms with Gasteiger partial charge in [0, 0.05) is 29.8 Å². The molecule has 9 heteroatoms. The highest BCUT2D eigenvalue weighted by molar-refractivity contribution is 5.49. The number of hydrogen-bond acceptors (Lipinski definition) is 4. The lowest BCUT2D eigenvalue weighted by Gasteiger charge is -2.16. The molecule has 1 heterocycles. The summed E-state index contributed by atoms with van der Waals surface area (Å²) in [5.41, 5.74) is -2.19. The highest BCUT2D eigenvalue weighted by Gasteiger charge is 2.44. The molecule has 4 nitrogen and oxygen atoms in total. The number of alkyl halides is 4. The van der Waals surface area contributed by atoms with Gasteiger partial charge >= 0.3 is 6.18 Å². The normalized spacial score (nSPS) is 19.4. The van der Waals surface area contributed by atoms with E-state index in [2.05, 4.69) is 4.98 Å². The second-order valence-electron chi connectivity index (χ2n) is 5.42. The number of hydrogen-bond donors (Lipinski definition) is 1. The molecule has 25 heavy (non-hydrogen) atoms. The number of nitrogens with zero attached hydrogens (tertiary/aromatic N) is 2. The number of aliphatic hydroxyl groups excluding tert-OH is 1. The van der Waals surface area contributed by atoms with Crippen molar-refractivity contribution in [1.82, 2.24) is 4.98 Å². The molecule has 0 aliphatic heterocycles. The van der Waals surface area contributed by atoms with E-state index in [9.17, 15) is 27.1 Å². The Bertz CT molecular complexity index is 876. The van der Waals surface area contributed by atoms with Crippen molar-refractivity contribution in [3.8, 4) is 17.7 Å². The number of fused-ring (bicyclic) bond motifs is 1. The van der Waals surface area contributed by atoms with Crippen molar-refractivity contribution < 1.29 is 31.8 Å². The van der Waals surface area contributed by atoms with Gasteiger partial charge in [0.1, 0.15) is 23.8 Å². The third-order valence-corrected chi connectivity index (χ3v) is 3.74. The Morgan fingerprint density at radius 3 is 2.64 bits per heavy atom. The lowest BCUT2D eigenvalue weighted by molar-refractivity contribution is -0.139. The summed E-state index contributed by atoms with van der Waals surface area (Å²) in [7, 11) is 0. The first-order valence-electron chi connectivity index (χ1n) is 7.00. The summed E-state index contributed by atoms with van der Waals surface area (Å²) >= 11 is 0. The quantitative estimate of drug-likeness (QED) is 0.831. The standard InChI is InChI=1S/C16H9F5N2O2/c17-8-1-7(5-22)2-9(3-8)25-15-10-4-12(18)14(24)13(10)11(6-23-15)16(19,20)21/h1-3,6,12,14,24H,4H2/t12-,14?/m1/s1. The second kappa shape index (κ2) is 5.97. The van der Waals surface area contributed by atoms with E-state index in [0.717, 1.165) is 18.2 Å². The SMILES string of the molecule is N#Cc1cc(F)cc(Oc2ncc(C(F)(F)F)c3c2C[C@@H](F)C3O)c1. The fraction of sp³-hybridized carbons (Fsp3) is 0.250. The molecule has 130 valence electrons. The summed E-state index contributed by atoms with van der Waals surface area (Å²) in [6, 6.07) is 4.71. The number of ether oxygens (including phenoxy) is 1. The van der Waals surface area contributed by atoms with Crippen LogP contribution in [-0.4, -0.2) is 16.3 Å². The van der Waals surface area contributed by atoms with E-state index in [1.54, 1.807) is 6.07 Å². The van der Waals surface area contributed by atoms with Crippen LogP contribution in [0.3, 0.4) is 0 Å². The number of pyridine rings is 1. The number of halogens is 5. The zero-order chi connectivity index (χ0) is 18.4. The van der Waals surface area contributed by atoms with Gasteiger partial charge in [-0.05, 0) is 12.1 Å². The van der Waals surface area contributed by atoms with Crippen LogP contribution in [0.5, 0.6) is 11.6 Å². The van der Waals surface area contributed by atoms with Crippen LogP contribution < -0.4 is 4.74 Å². The minimum atomic E-state index is -4.83. The Balaban J connectivity index is 2.08. The van der Waals surface area contributed by atoms with E-state index in [-0.39, 0.29) is 22.8 Å². The van der Waals surface area contributed by atoms with Crippen molar-refractivity contribution in [3.05, 3.63) is 52.5 Å². The molecule has 0 radical (unpaired) electrons. The van der Waals surface area contributed by atoms with E-state index in [4.69, 9.17) is 10.00 Å². The average Bonchev–Trinajstić information content (AvgIpc) is 2.82. The molecule has 1 N–H and O–H groups in total. The third-order valence-electron chi connectivity index (χ3n) is 3.74. The maximum absolute atomic E-state index is 13.8. The van der Waals surface area contributed by atoms with Crippen molar-refractivity contribution in [3.63, 3.8) is 0 Å². The molecule has 3 rings (SSSR count). The summed E-state index contributed by atoms with van der Waals surface area (Å²) in [5.74, 6) is -1.35. The zero-order valence-electron chi connectivity index (χ0n) is 12.3. The Labute approximate surface area is 138 Å². The van der Waals surface area contributed by atoms with Gasteiger partial charge < -0.3 is 9.84 Å². The molecule has 2 aromatic rings. The number of nitriles is 1. The van der Waals surface area contributed by atoms with Crippen molar-refractivity contribution in [2.45, 2.75) is 24.9 Å². The van der Waals surface area contributed by atoms with Crippen molar-refractivity contribution in [2.75, 3.05) is 0 Å². The topological polar surface area (TPSA) is 66.1 Å². The van der Waals surface area contributed by atoms with E-state index in [0.29, 0.717) is 6.20 Å². The van der Waals surface area contributed by atoms with Crippen LogP contribution >= 0.6 is 0 Å². The van der Waals surface area contributed by atoms with Gasteiger partial charge in [-0.15, -0.1) is 0 Å². The van der Waals surface area contributed by atoms with Crippen molar-refractivity contribution in [2.24, 2.45) is 0 Å².